The van der Waals surface area contributed by atoms with Crippen molar-refractivity contribution in [3.63, 3.8) is 0 Å². The quantitative estimate of drug-likeness (QED) is 0.779. The fourth-order valence-electron chi connectivity index (χ4n) is 5.14. The predicted molar refractivity (Wildman–Crippen MR) is 112 cm³/mol. The van der Waals surface area contributed by atoms with Gasteiger partial charge in [0.15, 0.2) is 0 Å². The number of rotatable bonds is 4. The normalized spacial score (nSPS) is 26.1. The van der Waals surface area contributed by atoms with E-state index in [1.165, 1.54) is 0 Å². The number of nitrogens with zero attached hydrogens (tertiary/aromatic N) is 3. The van der Waals surface area contributed by atoms with Gasteiger partial charge in [-0.3, -0.25) is 9.59 Å². The summed E-state index contributed by atoms with van der Waals surface area (Å²) in [4.78, 5) is 32.8. The zero-order valence-electron chi connectivity index (χ0n) is 17.7. The first-order valence-corrected chi connectivity index (χ1v) is 11.0. The fraction of sp³-hybridized carbons (Fsp3) is 0.652. The van der Waals surface area contributed by atoms with Crippen molar-refractivity contribution >= 4 is 11.8 Å². The molecule has 158 valence electrons. The van der Waals surface area contributed by atoms with E-state index in [4.69, 9.17) is 4.74 Å². The Morgan fingerprint density at radius 2 is 1.69 bits per heavy atom. The summed E-state index contributed by atoms with van der Waals surface area (Å²) in [6.07, 6.45) is 4.28. The smallest absolute Gasteiger partial charge is 0.228 e. The molecule has 0 radical (unpaired) electrons. The van der Waals surface area contributed by atoms with Crippen molar-refractivity contribution in [2.45, 2.75) is 31.6 Å². The molecule has 2 saturated heterocycles. The third kappa shape index (κ3) is 4.27. The second kappa shape index (κ2) is 8.74. The van der Waals surface area contributed by atoms with E-state index in [9.17, 15) is 9.59 Å². The lowest BCUT2D eigenvalue weighted by molar-refractivity contribution is -0.138. The monoisotopic (exact) mass is 399 g/mol. The van der Waals surface area contributed by atoms with Crippen LogP contribution in [0.2, 0.25) is 0 Å². The zero-order valence-corrected chi connectivity index (χ0v) is 17.7. The number of hydrogen-bond donors (Lipinski definition) is 0. The molecule has 2 amide bonds. The Hall–Kier alpha value is -2.08. The number of piperazine rings is 1. The van der Waals surface area contributed by atoms with Gasteiger partial charge in [-0.05, 0) is 37.6 Å². The van der Waals surface area contributed by atoms with Gasteiger partial charge in [0, 0.05) is 51.1 Å². The lowest BCUT2D eigenvalue weighted by atomic mass is 9.87. The molecule has 0 aromatic heterocycles. The first-order valence-electron chi connectivity index (χ1n) is 11.0. The molecule has 0 unspecified atom stereocenters. The molecule has 0 bridgehead atoms. The lowest BCUT2D eigenvalue weighted by Crippen LogP contribution is -2.50. The van der Waals surface area contributed by atoms with Gasteiger partial charge in [-0.15, -0.1) is 0 Å². The van der Waals surface area contributed by atoms with Crippen LogP contribution in [0.1, 0.15) is 37.2 Å². The maximum Gasteiger partial charge on any atom is 0.228 e. The van der Waals surface area contributed by atoms with Crippen molar-refractivity contribution in [2.24, 2.45) is 11.8 Å². The summed E-state index contributed by atoms with van der Waals surface area (Å²) in [5.74, 6) is 1.27. The minimum absolute atomic E-state index is 0.0302. The van der Waals surface area contributed by atoms with Gasteiger partial charge >= 0.3 is 0 Å². The van der Waals surface area contributed by atoms with Crippen molar-refractivity contribution in [3.05, 3.63) is 29.8 Å². The highest BCUT2D eigenvalue weighted by atomic mass is 16.5. The van der Waals surface area contributed by atoms with Crippen molar-refractivity contribution in [1.82, 2.24) is 14.7 Å². The first kappa shape index (κ1) is 20.2. The van der Waals surface area contributed by atoms with Crippen LogP contribution in [-0.2, 0) is 9.59 Å². The fourth-order valence-corrected chi connectivity index (χ4v) is 5.14. The van der Waals surface area contributed by atoms with Crippen LogP contribution in [0.3, 0.4) is 0 Å². The number of methoxy groups -OCH3 is 1. The Balaban J connectivity index is 1.56. The maximum atomic E-state index is 13.5. The third-order valence-corrected chi connectivity index (χ3v) is 6.99. The largest absolute Gasteiger partial charge is 0.497 e. The van der Waals surface area contributed by atoms with E-state index in [0.29, 0.717) is 13.1 Å². The van der Waals surface area contributed by atoms with Crippen LogP contribution >= 0.6 is 0 Å². The number of hydrogen-bond acceptors (Lipinski definition) is 4. The van der Waals surface area contributed by atoms with Gasteiger partial charge in [-0.25, -0.2) is 0 Å². The second-order valence-electron chi connectivity index (χ2n) is 8.84. The van der Waals surface area contributed by atoms with Crippen LogP contribution in [0.4, 0.5) is 0 Å². The van der Waals surface area contributed by atoms with Gasteiger partial charge in [0.2, 0.25) is 11.8 Å². The molecule has 6 heteroatoms. The van der Waals surface area contributed by atoms with Crippen LogP contribution < -0.4 is 4.74 Å². The molecule has 1 aliphatic carbocycles. The van der Waals surface area contributed by atoms with E-state index in [2.05, 4.69) is 18.0 Å². The van der Waals surface area contributed by atoms with E-state index in [0.717, 1.165) is 63.2 Å². The highest BCUT2D eigenvalue weighted by Crippen LogP contribution is 2.37. The molecular weight excluding hydrogens is 366 g/mol. The van der Waals surface area contributed by atoms with Gasteiger partial charge < -0.3 is 19.4 Å². The molecule has 3 aliphatic rings. The molecular formula is C23H33N3O3. The Morgan fingerprint density at radius 1 is 0.966 bits per heavy atom. The molecule has 1 aromatic rings. The molecule has 1 saturated carbocycles. The standard InChI is InChI=1S/C23H33N3O3/c1-24-10-12-25(13-11-24)23(28)21-16-26(22(27)17-6-3-4-7-17)15-20(21)18-8-5-9-19(14-18)29-2/h5,8-9,14,17,20-21H,3-4,6-7,10-13,15-16H2,1-2H3/t20-,21-/m0/s1. The van der Waals surface area contributed by atoms with Crippen LogP contribution in [0.5, 0.6) is 5.75 Å². The Morgan fingerprint density at radius 3 is 2.38 bits per heavy atom. The van der Waals surface area contributed by atoms with Gasteiger partial charge in [0.05, 0.1) is 13.0 Å². The molecule has 1 aromatic carbocycles. The minimum atomic E-state index is -0.170. The van der Waals surface area contributed by atoms with Gasteiger partial charge in [-0.2, -0.15) is 0 Å². The first-order chi connectivity index (χ1) is 14.1. The Bertz CT molecular complexity index is 739. The summed E-state index contributed by atoms with van der Waals surface area (Å²) in [6.45, 7) is 4.54. The van der Waals surface area contributed by atoms with Crippen LogP contribution in [0.25, 0.3) is 0 Å². The van der Waals surface area contributed by atoms with E-state index in [1.54, 1.807) is 7.11 Å². The number of amides is 2. The number of ether oxygens (including phenoxy) is 1. The number of benzene rings is 1. The number of likely N-dealkylation sites (tertiary alicyclic amines) is 1. The highest BCUT2D eigenvalue weighted by molar-refractivity contribution is 5.84. The molecule has 2 heterocycles. The average molecular weight is 400 g/mol. The molecule has 2 atom stereocenters. The van der Waals surface area contributed by atoms with Crippen molar-refractivity contribution in [3.8, 4) is 5.75 Å². The van der Waals surface area contributed by atoms with Crippen LogP contribution in [0, 0.1) is 11.8 Å². The summed E-state index contributed by atoms with van der Waals surface area (Å²) in [7, 11) is 3.76. The molecule has 6 nitrogen and oxygen atoms in total. The molecule has 29 heavy (non-hydrogen) atoms. The predicted octanol–water partition coefficient (Wildman–Crippen LogP) is 2.20. The van der Waals surface area contributed by atoms with E-state index in [-0.39, 0.29) is 29.6 Å². The van der Waals surface area contributed by atoms with Crippen molar-refractivity contribution in [1.29, 1.82) is 0 Å². The minimum Gasteiger partial charge on any atom is -0.497 e. The summed E-state index contributed by atoms with van der Waals surface area (Å²) in [6, 6.07) is 8.00. The Labute approximate surface area is 173 Å². The topological polar surface area (TPSA) is 53.1 Å². The van der Waals surface area contributed by atoms with E-state index in [1.807, 2.05) is 28.0 Å². The lowest BCUT2D eigenvalue weighted by Gasteiger charge is -2.35. The van der Waals surface area contributed by atoms with Gasteiger partial charge in [0.25, 0.3) is 0 Å². The summed E-state index contributed by atoms with van der Waals surface area (Å²) >= 11 is 0. The van der Waals surface area contributed by atoms with Gasteiger partial charge in [-0.1, -0.05) is 25.0 Å². The SMILES string of the molecule is COc1cccc([C@@H]2CN(C(=O)C3CCCC3)C[C@@H]2C(=O)N2CCN(C)CC2)c1. The molecule has 2 aliphatic heterocycles. The average Bonchev–Trinajstić information content (AvgIpc) is 3.44. The summed E-state index contributed by atoms with van der Waals surface area (Å²) < 4.78 is 5.41. The molecule has 0 spiro atoms. The molecule has 0 N–H and O–H groups in total. The van der Waals surface area contributed by atoms with Crippen LogP contribution in [-0.4, -0.2) is 79.9 Å². The van der Waals surface area contributed by atoms with Crippen LogP contribution in [0.15, 0.2) is 24.3 Å². The summed E-state index contributed by atoms with van der Waals surface area (Å²) in [5, 5.41) is 0. The van der Waals surface area contributed by atoms with Crippen molar-refractivity contribution in [2.75, 3.05) is 53.4 Å². The molecule has 3 fully saturated rings. The van der Waals surface area contributed by atoms with Gasteiger partial charge in [0.1, 0.15) is 5.75 Å². The maximum absolute atomic E-state index is 13.5. The highest BCUT2D eigenvalue weighted by Gasteiger charge is 2.43. The third-order valence-electron chi connectivity index (χ3n) is 6.99. The molecule has 4 rings (SSSR count). The zero-order chi connectivity index (χ0) is 20.4. The van der Waals surface area contributed by atoms with E-state index < -0.39 is 0 Å². The Kier molecular flexibility index (Phi) is 6.09. The summed E-state index contributed by atoms with van der Waals surface area (Å²) in [5.41, 5.74) is 1.10. The van der Waals surface area contributed by atoms with Crippen molar-refractivity contribution < 1.29 is 14.3 Å². The second-order valence-corrected chi connectivity index (χ2v) is 8.84. The number of carbonyl (C=O) groups is 2. The number of likely N-dealkylation sites (N-methyl/N-ethyl adjacent to an activating group) is 1. The van der Waals surface area contributed by atoms with E-state index >= 15 is 0 Å². The number of carbonyl (C=O) groups excluding carboxylic acids is 2.